The molecule has 0 spiro atoms. The van der Waals surface area contributed by atoms with Crippen molar-refractivity contribution in [2.24, 2.45) is 0 Å². The zero-order chi connectivity index (χ0) is 20.2. The smallest absolute Gasteiger partial charge is 0.227 e. The summed E-state index contributed by atoms with van der Waals surface area (Å²) in [5, 5.41) is 5.59. The summed E-state index contributed by atoms with van der Waals surface area (Å²) in [5.41, 5.74) is 1.09. The van der Waals surface area contributed by atoms with Crippen LogP contribution in [0, 0.1) is 6.92 Å². The summed E-state index contributed by atoms with van der Waals surface area (Å²) in [6.45, 7) is 7.77. The molecular formula is C23H27N5O. The highest BCUT2D eigenvalue weighted by atomic mass is 16.2. The number of hydrogen-bond donors (Lipinski definition) is 1. The number of nitrogens with one attached hydrogen (secondary N) is 1. The molecule has 0 aliphatic carbocycles. The predicted octanol–water partition coefficient (Wildman–Crippen LogP) is 3.26. The average Bonchev–Trinajstić information content (AvgIpc) is 2.74. The molecule has 0 radical (unpaired) electrons. The number of amides is 1. The number of hydrogen-bond acceptors (Lipinski definition) is 5. The van der Waals surface area contributed by atoms with Crippen molar-refractivity contribution in [1.82, 2.24) is 14.9 Å². The second-order valence-corrected chi connectivity index (χ2v) is 7.37. The van der Waals surface area contributed by atoms with Crippen molar-refractivity contribution >= 4 is 28.3 Å². The number of nitrogens with zero attached hydrogens (tertiary/aromatic N) is 4. The van der Waals surface area contributed by atoms with Crippen LogP contribution in [0.2, 0.25) is 0 Å². The second kappa shape index (κ2) is 8.47. The summed E-state index contributed by atoms with van der Waals surface area (Å²) in [4.78, 5) is 26.1. The van der Waals surface area contributed by atoms with Gasteiger partial charge in [0.15, 0.2) is 0 Å². The monoisotopic (exact) mass is 389 g/mol. The van der Waals surface area contributed by atoms with Crippen LogP contribution >= 0.6 is 0 Å². The molecule has 6 heteroatoms. The van der Waals surface area contributed by atoms with E-state index in [4.69, 9.17) is 0 Å². The molecule has 1 N–H and O–H groups in total. The fraction of sp³-hybridized carbons (Fsp3) is 0.348. The fourth-order valence-corrected chi connectivity index (χ4v) is 3.89. The van der Waals surface area contributed by atoms with Gasteiger partial charge in [-0.05, 0) is 30.2 Å². The van der Waals surface area contributed by atoms with Gasteiger partial charge in [0.1, 0.15) is 17.5 Å². The Labute approximate surface area is 171 Å². The number of fused-ring (bicyclic) bond motifs is 1. The Morgan fingerprint density at radius 1 is 1.03 bits per heavy atom. The van der Waals surface area contributed by atoms with Gasteiger partial charge in [-0.2, -0.15) is 0 Å². The first-order valence-electron chi connectivity index (χ1n) is 10.2. The maximum absolute atomic E-state index is 12.9. The van der Waals surface area contributed by atoms with Crippen molar-refractivity contribution < 1.29 is 4.79 Å². The normalized spacial score (nSPS) is 14.3. The number of carbonyl (C=O) groups excluding carboxylic acids is 1. The molecule has 1 saturated heterocycles. The van der Waals surface area contributed by atoms with Crippen LogP contribution in [0.5, 0.6) is 0 Å². The third-order valence-corrected chi connectivity index (χ3v) is 5.36. The summed E-state index contributed by atoms with van der Waals surface area (Å²) in [6, 6.07) is 16.4. The van der Waals surface area contributed by atoms with E-state index in [0.29, 0.717) is 19.5 Å². The number of aryl methyl sites for hydroxylation is 1. The first kappa shape index (κ1) is 19.2. The van der Waals surface area contributed by atoms with E-state index < -0.39 is 0 Å². The van der Waals surface area contributed by atoms with Crippen LogP contribution in [-0.2, 0) is 11.2 Å². The van der Waals surface area contributed by atoms with Crippen LogP contribution in [0.3, 0.4) is 0 Å². The molecule has 1 aliphatic rings. The summed E-state index contributed by atoms with van der Waals surface area (Å²) in [6.07, 6.45) is 0.443. The van der Waals surface area contributed by atoms with E-state index in [2.05, 4.69) is 51.4 Å². The van der Waals surface area contributed by atoms with Gasteiger partial charge in [0.25, 0.3) is 0 Å². The van der Waals surface area contributed by atoms with Crippen LogP contribution < -0.4 is 10.2 Å². The van der Waals surface area contributed by atoms with Gasteiger partial charge in [-0.15, -0.1) is 0 Å². The molecule has 1 aliphatic heterocycles. The van der Waals surface area contributed by atoms with E-state index >= 15 is 0 Å². The minimum Gasteiger partial charge on any atom is -0.370 e. The van der Waals surface area contributed by atoms with Gasteiger partial charge in [0.2, 0.25) is 5.91 Å². The number of rotatable bonds is 5. The highest BCUT2D eigenvalue weighted by Crippen LogP contribution is 2.21. The summed E-state index contributed by atoms with van der Waals surface area (Å²) in [7, 11) is 0. The van der Waals surface area contributed by atoms with Gasteiger partial charge in [-0.3, -0.25) is 4.79 Å². The summed E-state index contributed by atoms with van der Waals surface area (Å²) >= 11 is 0. The largest absolute Gasteiger partial charge is 0.370 e. The molecule has 2 heterocycles. The molecule has 3 aromatic rings. The number of benzene rings is 2. The third kappa shape index (κ3) is 4.31. The number of aromatic nitrogens is 2. The fourth-order valence-electron chi connectivity index (χ4n) is 3.89. The van der Waals surface area contributed by atoms with Crippen molar-refractivity contribution in [2.45, 2.75) is 20.3 Å². The van der Waals surface area contributed by atoms with Gasteiger partial charge >= 0.3 is 0 Å². The maximum atomic E-state index is 12.9. The van der Waals surface area contributed by atoms with Crippen molar-refractivity contribution in [3.05, 3.63) is 59.9 Å². The third-order valence-electron chi connectivity index (χ3n) is 5.36. The van der Waals surface area contributed by atoms with Crippen LogP contribution in [0.25, 0.3) is 10.8 Å². The molecule has 2 aromatic carbocycles. The first-order chi connectivity index (χ1) is 14.1. The lowest BCUT2D eigenvalue weighted by Gasteiger charge is -2.35. The molecule has 4 rings (SSSR count). The molecular weight excluding hydrogens is 362 g/mol. The average molecular weight is 390 g/mol. The summed E-state index contributed by atoms with van der Waals surface area (Å²) < 4.78 is 0. The minimum atomic E-state index is 0.188. The minimum absolute atomic E-state index is 0.188. The van der Waals surface area contributed by atoms with Gasteiger partial charge in [0, 0.05) is 38.8 Å². The Balaban J connectivity index is 1.41. The number of piperazine rings is 1. The van der Waals surface area contributed by atoms with Crippen molar-refractivity contribution in [2.75, 3.05) is 42.9 Å². The van der Waals surface area contributed by atoms with E-state index in [-0.39, 0.29) is 5.91 Å². The molecule has 0 unspecified atom stereocenters. The van der Waals surface area contributed by atoms with Crippen molar-refractivity contribution in [3.8, 4) is 0 Å². The van der Waals surface area contributed by atoms with Crippen LogP contribution in [0.4, 0.5) is 11.6 Å². The van der Waals surface area contributed by atoms with E-state index in [1.807, 2.05) is 36.1 Å². The molecule has 0 atom stereocenters. The zero-order valence-corrected chi connectivity index (χ0v) is 17.1. The quantitative estimate of drug-likeness (QED) is 0.726. The molecule has 1 fully saturated rings. The van der Waals surface area contributed by atoms with E-state index in [1.54, 1.807) is 0 Å². The Kier molecular flexibility index (Phi) is 5.60. The van der Waals surface area contributed by atoms with Gasteiger partial charge < -0.3 is 15.1 Å². The van der Waals surface area contributed by atoms with Crippen LogP contribution in [-0.4, -0.2) is 53.5 Å². The Morgan fingerprint density at radius 3 is 2.59 bits per heavy atom. The second-order valence-electron chi connectivity index (χ2n) is 7.37. The standard InChI is InChI=1S/C23H27N5O/c1-3-24-21-16-22(26-17(2)25-21)27-11-13-28(14-12-27)23(29)15-19-9-6-8-18-7-4-5-10-20(18)19/h4-10,16H,3,11-15H2,1-2H3,(H,24,25,26). The Morgan fingerprint density at radius 2 is 1.79 bits per heavy atom. The predicted molar refractivity (Wildman–Crippen MR) is 117 cm³/mol. The number of anilines is 2. The highest BCUT2D eigenvalue weighted by molar-refractivity contribution is 5.90. The lowest BCUT2D eigenvalue weighted by Crippen LogP contribution is -2.49. The van der Waals surface area contributed by atoms with E-state index in [0.717, 1.165) is 48.0 Å². The molecule has 150 valence electrons. The maximum Gasteiger partial charge on any atom is 0.227 e. The number of carbonyl (C=O) groups is 1. The molecule has 0 saturated carbocycles. The van der Waals surface area contributed by atoms with E-state index in [9.17, 15) is 4.79 Å². The van der Waals surface area contributed by atoms with Crippen molar-refractivity contribution in [1.29, 1.82) is 0 Å². The SMILES string of the molecule is CCNc1cc(N2CCN(C(=O)Cc3cccc4ccccc34)CC2)nc(C)n1. The zero-order valence-electron chi connectivity index (χ0n) is 17.1. The van der Waals surface area contributed by atoms with E-state index in [1.165, 1.54) is 5.39 Å². The topological polar surface area (TPSA) is 61.4 Å². The lowest BCUT2D eigenvalue weighted by atomic mass is 10.0. The molecule has 6 nitrogen and oxygen atoms in total. The van der Waals surface area contributed by atoms with Crippen LogP contribution in [0.15, 0.2) is 48.5 Å². The van der Waals surface area contributed by atoms with Gasteiger partial charge in [-0.25, -0.2) is 9.97 Å². The van der Waals surface area contributed by atoms with Crippen molar-refractivity contribution in [3.63, 3.8) is 0 Å². The lowest BCUT2D eigenvalue weighted by molar-refractivity contribution is -0.130. The molecule has 0 bridgehead atoms. The van der Waals surface area contributed by atoms with Crippen LogP contribution in [0.1, 0.15) is 18.3 Å². The Hall–Kier alpha value is -3.15. The van der Waals surface area contributed by atoms with Gasteiger partial charge in [0.05, 0.1) is 6.42 Å². The summed E-state index contributed by atoms with van der Waals surface area (Å²) in [5.74, 6) is 2.72. The molecule has 29 heavy (non-hydrogen) atoms. The Bertz CT molecular complexity index is 1010. The van der Waals surface area contributed by atoms with Gasteiger partial charge in [-0.1, -0.05) is 42.5 Å². The molecule has 1 aromatic heterocycles. The highest BCUT2D eigenvalue weighted by Gasteiger charge is 2.23. The first-order valence-corrected chi connectivity index (χ1v) is 10.2. The molecule has 1 amide bonds.